The van der Waals surface area contributed by atoms with Gasteiger partial charge >= 0.3 is 0 Å². The minimum atomic E-state index is 0.600. The molecule has 0 spiro atoms. The summed E-state index contributed by atoms with van der Waals surface area (Å²) >= 11 is 0. The van der Waals surface area contributed by atoms with E-state index in [4.69, 9.17) is 0 Å². The average molecular weight is 218 g/mol. The van der Waals surface area contributed by atoms with Gasteiger partial charge in [-0.1, -0.05) is 31.2 Å². The van der Waals surface area contributed by atoms with Crippen molar-refractivity contribution < 1.29 is 0 Å². The minimum Gasteiger partial charge on any atom is -0.314 e. The monoisotopic (exact) mass is 218 g/mol. The molecule has 1 N–H and O–H groups in total. The van der Waals surface area contributed by atoms with Crippen molar-refractivity contribution in [3.8, 4) is 0 Å². The van der Waals surface area contributed by atoms with E-state index in [-0.39, 0.29) is 0 Å². The van der Waals surface area contributed by atoms with Crippen molar-refractivity contribution in [2.24, 2.45) is 0 Å². The summed E-state index contributed by atoms with van der Waals surface area (Å²) in [5, 5.41) is 3.42. The molecule has 1 fully saturated rings. The molecule has 0 aliphatic carbocycles. The van der Waals surface area contributed by atoms with Crippen LogP contribution in [-0.4, -0.2) is 31.1 Å². The highest BCUT2D eigenvalue weighted by Gasteiger charge is 2.21. The molecule has 2 nitrogen and oxygen atoms in total. The lowest BCUT2D eigenvalue weighted by molar-refractivity contribution is 0.169. The largest absolute Gasteiger partial charge is 0.314 e. The highest BCUT2D eigenvalue weighted by Crippen LogP contribution is 2.26. The maximum Gasteiger partial charge on any atom is 0.0349 e. The third-order valence-corrected chi connectivity index (χ3v) is 3.53. The highest BCUT2D eigenvalue weighted by atomic mass is 15.2. The van der Waals surface area contributed by atoms with Gasteiger partial charge in [-0.3, -0.25) is 4.90 Å². The molecule has 0 bridgehead atoms. The van der Waals surface area contributed by atoms with E-state index in [9.17, 15) is 0 Å². The summed E-state index contributed by atoms with van der Waals surface area (Å²) < 4.78 is 0. The van der Waals surface area contributed by atoms with Crippen LogP contribution in [0.3, 0.4) is 0 Å². The van der Waals surface area contributed by atoms with Crippen LogP contribution in [0.25, 0.3) is 0 Å². The van der Waals surface area contributed by atoms with Crippen LogP contribution in [-0.2, 0) is 0 Å². The third kappa shape index (κ3) is 2.45. The number of aryl methyl sites for hydroxylation is 1. The van der Waals surface area contributed by atoms with Crippen molar-refractivity contribution in [3.05, 3.63) is 35.4 Å². The molecule has 88 valence electrons. The van der Waals surface area contributed by atoms with Gasteiger partial charge in [0.25, 0.3) is 0 Å². The van der Waals surface area contributed by atoms with Gasteiger partial charge in [0.15, 0.2) is 0 Å². The number of nitrogens with zero attached hydrogens (tertiary/aromatic N) is 1. The Morgan fingerprint density at radius 1 is 1.25 bits per heavy atom. The maximum absolute atomic E-state index is 3.42. The second-order valence-corrected chi connectivity index (χ2v) is 4.57. The Morgan fingerprint density at radius 3 is 2.56 bits per heavy atom. The standard InChI is InChI=1S/C14H22N2/c1-3-14(16-10-8-15-9-11-16)13-7-5-4-6-12(13)2/h4-7,14-15H,3,8-11H2,1-2H3/t14-/m0/s1. The van der Waals surface area contributed by atoms with Crippen molar-refractivity contribution in [1.29, 1.82) is 0 Å². The second kappa shape index (κ2) is 5.46. The van der Waals surface area contributed by atoms with Crippen LogP contribution in [0, 0.1) is 6.92 Å². The van der Waals surface area contributed by atoms with E-state index in [2.05, 4.69) is 48.3 Å². The van der Waals surface area contributed by atoms with Gasteiger partial charge in [-0.05, 0) is 24.5 Å². The summed E-state index contributed by atoms with van der Waals surface area (Å²) in [5.74, 6) is 0. The molecule has 1 heterocycles. The second-order valence-electron chi connectivity index (χ2n) is 4.57. The quantitative estimate of drug-likeness (QED) is 0.838. The summed E-state index contributed by atoms with van der Waals surface area (Å²) in [6.07, 6.45) is 1.20. The number of nitrogens with one attached hydrogen (secondary N) is 1. The van der Waals surface area contributed by atoms with Crippen molar-refractivity contribution in [1.82, 2.24) is 10.2 Å². The molecule has 2 rings (SSSR count). The summed E-state index contributed by atoms with van der Waals surface area (Å²) in [6, 6.07) is 9.39. The smallest absolute Gasteiger partial charge is 0.0349 e. The number of hydrogen-bond acceptors (Lipinski definition) is 2. The van der Waals surface area contributed by atoms with Gasteiger partial charge in [0, 0.05) is 32.2 Å². The van der Waals surface area contributed by atoms with E-state index in [0.717, 1.165) is 13.1 Å². The van der Waals surface area contributed by atoms with Crippen molar-refractivity contribution in [3.63, 3.8) is 0 Å². The fraction of sp³-hybridized carbons (Fsp3) is 0.571. The van der Waals surface area contributed by atoms with Crippen LogP contribution in [0.2, 0.25) is 0 Å². The van der Waals surface area contributed by atoms with Crippen LogP contribution >= 0.6 is 0 Å². The van der Waals surface area contributed by atoms with E-state index < -0.39 is 0 Å². The molecule has 0 unspecified atom stereocenters. The molecule has 1 saturated heterocycles. The van der Waals surface area contributed by atoms with Crippen molar-refractivity contribution >= 4 is 0 Å². The first kappa shape index (κ1) is 11.6. The Hall–Kier alpha value is -0.860. The molecule has 1 aromatic rings. The average Bonchev–Trinajstić information content (AvgIpc) is 2.34. The molecule has 1 aliphatic rings. The topological polar surface area (TPSA) is 15.3 Å². The normalized spacial score (nSPS) is 19.6. The summed E-state index contributed by atoms with van der Waals surface area (Å²) in [5.41, 5.74) is 2.93. The van der Waals surface area contributed by atoms with Crippen LogP contribution < -0.4 is 5.32 Å². The van der Waals surface area contributed by atoms with E-state index in [1.165, 1.54) is 30.6 Å². The lowest BCUT2D eigenvalue weighted by atomic mass is 9.97. The first-order valence-corrected chi connectivity index (χ1v) is 6.33. The van der Waals surface area contributed by atoms with Crippen LogP contribution in [0.15, 0.2) is 24.3 Å². The maximum atomic E-state index is 3.42. The Bertz CT molecular complexity index is 329. The lowest BCUT2D eigenvalue weighted by Gasteiger charge is -2.35. The Labute approximate surface area is 98.7 Å². The van der Waals surface area contributed by atoms with Gasteiger partial charge in [0.2, 0.25) is 0 Å². The third-order valence-electron chi connectivity index (χ3n) is 3.53. The molecule has 1 atom stereocenters. The minimum absolute atomic E-state index is 0.600. The van der Waals surface area contributed by atoms with Gasteiger partial charge in [0.1, 0.15) is 0 Å². The molecule has 2 heteroatoms. The van der Waals surface area contributed by atoms with Crippen LogP contribution in [0.5, 0.6) is 0 Å². The van der Waals surface area contributed by atoms with Crippen molar-refractivity contribution in [2.75, 3.05) is 26.2 Å². The molecule has 1 aliphatic heterocycles. The zero-order valence-corrected chi connectivity index (χ0v) is 10.4. The van der Waals surface area contributed by atoms with E-state index in [1.807, 2.05) is 0 Å². The predicted molar refractivity (Wildman–Crippen MR) is 68.7 cm³/mol. The molecule has 1 aromatic carbocycles. The lowest BCUT2D eigenvalue weighted by Crippen LogP contribution is -2.45. The zero-order valence-electron chi connectivity index (χ0n) is 10.4. The molecular formula is C14H22N2. The SMILES string of the molecule is CC[C@@H](c1ccccc1C)N1CCNCC1. The van der Waals surface area contributed by atoms with Gasteiger partial charge in [0.05, 0.1) is 0 Å². The Morgan fingerprint density at radius 2 is 1.94 bits per heavy atom. The van der Waals surface area contributed by atoms with Gasteiger partial charge < -0.3 is 5.32 Å². The van der Waals surface area contributed by atoms with Crippen molar-refractivity contribution in [2.45, 2.75) is 26.3 Å². The molecule has 0 amide bonds. The van der Waals surface area contributed by atoms with Gasteiger partial charge in [-0.15, -0.1) is 0 Å². The molecule has 16 heavy (non-hydrogen) atoms. The molecule has 0 aromatic heterocycles. The summed E-state index contributed by atoms with van der Waals surface area (Å²) in [7, 11) is 0. The van der Waals surface area contributed by atoms with Crippen LogP contribution in [0.1, 0.15) is 30.5 Å². The fourth-order valence-corrected chi connectivity index (χ4v) is 2.63. The predicted octanol–water partition coefficient (Wildman–Crippen LogP) is 2.35. The Kier molecular flexibility index (Phi) is 3.97. The van der Waals surface area contributed by atoms with Gasteiger partial charge in [-0.25, -0.2) is 0 Å². The van der Waals surface area contributed by atoms with E-state index >= 15 is 0 Å². The molecular weight excluding hydrogens is 196 g/mol. The first-order chi connectivity index (χ1) is 7.83. The highest BCUT2D eigenvalue weighted by molar-refractivity contribution is 5.28. The molecule has 0 saturated carbocycles. The van der Waals surface area contributed by atoms with E-state index in [0.29, 0.717) is 6.04 Å². The molecule has 0 radical (unpaired) electrons. The number of rotatable bonds is 3. The number of hydrogen-bond donors (Lipinski definition) is 1. The summed E-state index contributed by atoms with van der Waals surface area (Å²) in [6.45, 7) is 9.11. The van der Waals surface area contributed by atoms with Crippen LogP contribution in [0.4, 0.5) is 0 Å². The first-order valence-electron chi connectivity index (χ1n) is 6.33. The summed E-state index contributed by atoms with van der Waals surface area (Å²) in [4.78, 5) is 2.61. The zero-order chi connectivity index (χ0) is 11.4. The number of benzene rings is 1. The number of piperazine rings is 1. The van der Waals surface area contributed by atoms with E-state index in [1.54, 1.807) is 0 Å². The Balaban J connectivity index is 2.18. The van der Waals surface area contributed by atoms with Gasteiger partial charge in [-0.2, -0.15) is 0 Å². The fourth-order valence-electron chi connectivity index (χ4n) is 2.63.